The van der Waals surface area contributed by atoms with Crippen molar-refractivity contribution < 1.29 is 58.2 Å². The molecule has 0 aromatic heterocycles. The van der Waals surface area contributed by atoms with E-state index in [0.717, 1.165) is 0 Å². The van der Waals surface area contributed by atoms with E-state index in [-0.39, 0.29) is 0 Å². The smallest absolute Gasteiger partial charge is 0.402 e. The van der Waals surface area contributed by atoms with Gasteiger partial charge in [-0.05, 0) is 6.58 Å². The van der Waals surface area contributed by atoms with E-state index in [1.165, 1.54) is 0 Å². The average Bonchev–Trinajstić information content (AvgIpc) is 2.11. The third-order valence-corrected chi connectivity index (χ3v) is 1.48. The second-order valence-electron chi connectivity index (χ2n) is 2.96. The Bertz CT molecular complexity index is 402. The molecule has 0 radical (unpaired) electrons. The number of alkyl halides is 8. The first-order valence-corrected chi connectivity index (χ1v) is 4.01. The standard InChI is InChI=1S/C7H2F10O3/c1-2(8)19-7(16,17)5(12,6(13,14)15)20-4(10,11)3(9)18/h1H2. The normalized spacial score (nSPS) is 16.5. The highest BCUT2D eigenvalue weighted by atomic mass is 19.4. The van der Waals surface area contributed by atoms with E-state index in [0.29, 0.717) is 0 Å². The molecule has 1 atom stereocenters. The molecule has 0 aliphatic rings. The molecule has 0 N–H and O–H groups in total. The number of carbonyl (C=O) groups is 1. The summed E-state index contributed by atoms with van der Waals surface area (Å²) in [5.74, 6) is -6.74. The maximum absolute atomic E-state index is 13.1. The zero-order valence-corrected chi connectivity index (χ0v) is 8.71. The van der Waals surface area contributed by atoms with Gasteiger partial charge < -0.3 is 4.74 Å². The zero-order valence-electron chi connectivity index (χ0n) is 8.71. The molecule has 0 rings (SSSR count). The molecule has 0 saturated carbocycles. The Kier molecular flexibility index (Phi) is 4.71. The van der Waals surface area contributed by atoms with Crippen LogP contribution in [-0.4, -0.2) is 30.3 Å². The van der Waals surface area contributed by atoms with Crippen LogP contribution in [0.3, 0.4) is 0 Å². The van der Waals surface area contributed by atoms with Crippen LogP contribution in [0, 0.1) is 0 Å². The Morgan fingerprint density at radius 2 is 1.30 bits per heavy atom. The van der Waals surface area contributed by atoms with Gasteiger partial charge in [0, 0.05) is 0 Å². The van der Waals surface area contributed by atoms with E-state index in [1.807, 2.05) is 11.3 Å². The van der Waals surface area contributed by atoms with Crippen LogP contribution in [-0.2, 0) is 14.3 Å². The largest absolute Gasteiger partial charge is 0.471 e. The van der Waals surface area contributed by atoms with Crippen molar-refractivity contribution in [3.05, 3.63) is 12.6 Å². The monoisotopic (exact) mass is 324 g/mol. The molecule has 0 aliphatic carbocycles. The van der Waals surface area contributed by atoms with Crippen LogP contribution in [0.4, 0.5) is 43.9 Å². The average molecular weight is 324 g/mol. The molecule has 0 spiro atoms. The molecule has 0 aromatic carbocycles. The summed E-state index contributed by atoms with van der Waals surface area (Å²) in [4.78, 5) is 9.57. The Morgan fingerprint density at radius 3 is 1.55 bits per heavy atom. The van der Waals surface area contributed by atoms with Gasteiger partial charge in [0.2, 0.25) is 0 Å². The lowest BCUT2D eigenvalue weighted by atomic mass is 10.2. The fraction of sp³-hybridized carbons (Fsp3) is 0.571. The van der Waals surface area contributed by atoms with Crippen molar-refractivity contribution in [3.63, 3.8) is 0 Å². The topological polar surface area (TPSA) is 35.5 Å². The summed E-state index contributed by atoms with van der Waals surface area (Å²) in [6.07, 6.45) is -19.6. The molecule has 1 unspecified atom stereocenters. The highest BCUT2D eigenvalue weighted by Gasteiger charge is 2.79. The van der Waals surface area contributed by atoms with Gasteiger partial charge in [0.05, 0.1) is 0 Å². The summed E-state index contributed by atoms with van der Waals surface area (Å²) < 4.78 is 127. The van der Waals surface area contributed by atoms with Gasteiger partial charge in [-0.15, -0.1) is 0 Å². The molecular weight excluding hydrogens is 322 g/mol. The molecule has 20 heavy (non-hydrogen) atoms. The lowest BCUT2D eigenvalue weighted by Gasteiger charge is -2.34. The highest BCUT2D eigenvalue weighted by Crippen LogP contribution is 2.50. The van der Waals surface area contributed by atoms with E-state index in [2.05, 4.69) is 4.74 Å². The van der Waals surface area contributed by atoms with Crippen LogP contribution in [0.2, 0.25) is 0 Å². The van der Waals surface area contributed by atoms with Crippen molar-refractivity contribution in [3.8, 4) is 0 Å². The highest BCUT2D eigenvalue weighted by molar-refractivity contribution is 5.74. The maximum atomic E-state index is 13.1. The van der Waals surface area contributed by atoms with Crippen LogP contribution in [0.15, 0.2) is 12.6 Å². The first-order valence-electron chi connectivity index (χ1n) is 4.01. The SMILES string of the molecule is C=C(F)OC(F)(F)C(F)(OC(F)(F)C(=O)F)C(F)(F)F. The van der Waals surface area contributed by atoms with Gasteiger partial charge in [-0.25, -0.2) is 0 Å². The molecule has 118 valence electrons. The summed E-state index contributed by atoms with van der Waals surface area (Å²) in [5, 5.41) is 0. The first-order chi connectivity index (χ1) is 8.57. The van der Waals surface area contributed by atoms with E-state index in [4.69, 9.17) is 0 Å². The second kappa shape index (κ2) is 5.10. The summed E-state index contributed by atoms with van der Waals surface area (Å²) in [6, 6.07) is -6.70. The van der Waals surface area contributed by atoms with E-state index >= 15 is 0 Å². The molecule has 0 saturated heterocycles. The lowest BCUT2D eigenvalue weighted by molar-refractivity contribution is -0.490. The van der Waals surface area contributed by atoms with Crippen molar-refractivity contribution in [2.24, 2.45) is 0 Å². The molecule has 0 aromatic rings. The Morgan fingerprint density at radius 1 is 0.900 bits per heavy atom. The Hall–Kier alpha value is -1.53. The number of hydrogen-bond donors (Lipinski definition) is 0. The molecule has 0 heterocycles. The van der Waals surface area contributed by atoms with Gasteiger partial charge in [0.1, 0.15) is 0 Å². The van der Waals surface area contributed by atoms with Gasteiger partial charge in [-0.1, -0.05) is 0 Å². The molecule has 0 amide bonds. The minimum absolute atomic E-state index is 1.88. The summed E-state index contributed by atoms with van der Waals surface area (Å²) >= 11 is 0. The van der Waals surface area contributed by atoms with Crippen LogP contribution in [0.1, 0.15) is 0 Å². The minimum atomic E-state index is -6.95. The van der Waals surface area contributed by atoms with Gasteiger partial charge >= 0.3 is 30.3 Å². The van der Waals surface area contributed by atoms with Crippen LogP contribution >= 0.6 is 0 Å². The van der Waals surface area contributed by atoms with Crippen LogP contribution in [0.25, 0.3) is 0 Å². The van der Waals surface area contributed by atoms with Crippen molar-refractivity contribution in [1.82, 2.24) is 0 Å². The molecule has 0 bridgehead atoms. The fourth-order valence-electron chi connectivity index (χ4n) is 0.704. The third-order valence-electron chi connectivity index (χ3n) is 1.48. The summed E-state index contributed by atoms with van der Waals surface area (Å²) in [7, 11) is 0. The first kappa shape index (κ1) is 18.5. The van der Waals surface area contributed by atoms with E-state index in [9.17, 15) is 48.7 Å². The molecule has 3 nitrogen and oxygen atoms in total. The fourth-order valence-corrected chi connectivity index (χ4v) is 0.704. The van der Waals surface area contributed by atoms with Gasteiger partial charge in [-0.3, -0.25) is 9.53 Å². The number of ether oxygens (including phenoxy) is 2. The maximum Gasteiger partial charge on any atom is 0.471 e. The van der Waals surface area contributed by atoms with Gasteiger partial charge in [0.15, 0.2) is 0 Å². The number of hydrogen-bond acceptors (Lipinski definition) is 3. The molecule has 0 aliphatic heterocycles. The second-order valence-corrected chi connectivity index (χ2v) is 2.96. The van der Waals surface area contributed by atoms with Crippen LogP contribution in [0.5, 0.6) is 0 Å². The number of carbonyl (C=O) groups excluding carboxylic acids is 1. The predicted octanol–water partition coefficient (Wildman–Crippen LogP) is 3.37. The van der Waals surface area contributed by atoms with Crippen molar-refractivity contribution in [1.29, 1.82) is 0 Å². The lowest BCUT2D eigenvalue weighted by Crippen LogP contribution is -2.61. The van der Waals surface area contributed by atoms with Crippen molar-refractivity contribution in [2.75, 3.05) is 0 Å². The summed E-state index contributed by atoms with van der Waals surface area (Å²) in [6.45, 7) is 1.88. The molecular formula is C7H2F10O3. The molecule has 13 heteroatoms. The quantitative estimate of drug-likeness (QED) is 0.427. The Balaban J connectivity index is 5.78. The number of rotatable bonds is 6. The minimum Gasteiger partial charge on any atom is -0.402 e. The van der Waals surface area contributed by atoms with E-state index in [1.54, 1.807) is 0 Å². The van der Waals surface area contributed by atoms with Crippen LogP contribution < -0.4 is 0 Å². The van der Waals surface area contributed by atoms with Gasteiger partial charge in [-0.2, -0.15) is 43.9 Å². The summed E-state index contributed by atoms with van der Waals surface area (Å²) in [5.41, 5.74) is 0. The van der Waals surface area contributed by atoms with Crippen molar-refractivity contribution in [2.45, 2.75) is 24.2 Å². The van der Waals surface area contributed by atoms with Crippen molar-refractivity contribution >= 4 is 6.04 Å². The zero-order chi connectivity index (χ0) is 16.6. The van der Waals surface area contributed by atoms with Gasteiger partial charge in [0.25, 0.3) is 6.01 Å². The van der Waals surface area contributed by atoms with E-state index < -0.39 is 36.3 Å². The molecule has 0 fully saturated rings. The predicted molar refractivity (Wildman–Crippen MR) is 38.3 cm³/mol. The third kappa shape index (κ3) is 3.52. The number of halogens is 10. The Labute approximate surface area is 102 Å².